The molecule has 1 aliphatic heterocycles. The van der Waals surface area contributed by atoms with E-state index in [1.807, 2.05) is 75.4 Å². The van der Waals surface area contributed by atoms with Gasteiger partial charge in [0.2, 0.25) is 0 Å². The molecule has 0 saturated carbocycles. The lowest BCUT2D eigenvalue weighted by Gasteiger charge is -2.38. The van der Waals surface area contributed by atoms with Crippen LogP contribution in [-0.4, -0.2) is 44.5 Å². The number of hydrogen-bond acceptors (Lipinski definition) is 6. The van der Waals surface area contributed by atoms with Crippen molar-refractivity contribution in [2.45, 2.75) is 51.9 Å². The molecule has 1 atom stereocenters. The average molecular weight is 599 g/mol. The number of rotatable bonds is 8. The molecule has 0 bridgehead atoms. The Morgan fingerprint density at radius 3 is 2.26 bits per heavy atom. The summed E-state index contributed by atoms with van der Waals surface area (Å²) in [5, 5.41) is 0. The van der Waals surface area contributed by atoms with Crippen LogP contribution < -0.4 is 18.9 Å². The number of carbonyl (C=O) groups is 1. The SMILES string of the molecule is COc1cc2c(cc1OC)C(Cc1ccc(OC)c(OCc3ccccc3)c1Br)N(C(=O)OC(C)(C)C)CC2. The highest BCUT2D eigenvalue weighted by atomic mass is 79.9. The first kappa shape index (κ1) is 28.6. The van der Waals surface area contributed by atoms with Crippen LogP contribution in [0.2, 0.25) is 0 Å². The summed E-state index contributed by atoms with van der Waals surface area (Å²) >= 11 is 3.79. The molecule has 8 heteroatoms. The summed E-state index contributed by atoms with van der Waals surface area (Å²) in [5.74, 6) is 2.53. The van der Waals surface area contributed by atoms with Gasteiger partial charge in [-0.2, -0.15) is 0 Å². The van der Waals surface area contributed by atoms with E-state index in [1.54, 1.807) is 26.2 Å². The quantitative estimate of drug-likeness (QED) is 0.275. The fourth-order valence-electron chi connectivity index (χ4n) is 4.76. The van der Waals surface area contributed by atoms with E-state index in [2.05, 4.69) is 15.9 Å². The number of fused-ring (bicyclic) bond motifs is 1. The number of carbonyl (C=O) groups excluding carboxylic acids is 1. The van der Waals surface area contributed by atoms with Crippen LogP contribution in [0.4, 0.5) is 4.79 Å². The molecule has 4 rings (SSSR count). The molecule has 0 saturated heterocycles. The first-order chi connectivity index (χ1) is 18.6. The third-order valence-corrected chi connectivity index (χ3v) is 7.50. The maximum atomic E-state index is 13.4. The van der Waals surface area contributed by atoms with Gasteiger partial charge in [0, 0.05) is 6.54 Å². The van der Waals surface area contributed by atoms with Gasteiger partial charge in [-0.25, -0.2) is 4.79 Å². The molecule has 0 aromatic heterocycles. The second-order valence-corrected chi connectivity index (χ2v) is 11.2. The Bertz CT molecular complexity index is 1300. The number of benzene rings is 3. The van der Waals surface area contributed by atoms with Crippen LogP contribution in [0.25, 0.3) is 0 Å². The number of hydrogen-bond donors (Lipinski definition) is 0. The van der Waals surface area contributed by atoms with Crippen LogP contribution in [-0.2, 0) is 24.2 Å². The minimum absolute atomic E-state index is 0.296. The second kappa shape index (κ2) is 12.2. The minimum Gasteiger partial charge on any atom is -0.493 e. The van der Waals surface area contributed by atoms with Gasteiger partial charge >= 0.3 is 6.09 Å². The lowest BCUT2D eigenvalue weighted by Crippen LogP contribution is -2.43. The summed E-state index contributed by atoms with van der Waals surface area (Å²) < 4.78 is 29.6. The summed E-state index contributed by atoms with van der Waals surface area (Å²) in [6, 6.07) is 17.6. The average Bonchev–Trinajstić information content (AvgIpc) is 2.92. The molecule has 0 aliphatic carbocycles. The van der Waals surface area contributed by atoms with Gasteiger partial charge in [0.1, 0.15) is 12.2 Å². The maximum Gasteiger partial charge on any atom is 0.410 e. The highest BCUT2D eigenvalue weighted by Crippen LogP contribution is 2.44. The van der Waals surface area contributed by atoms with Crippen molar-refractivity contribution < 1.29 is 28.5 Å². The third-order valence-electron chi connectivity index (χ3n) is 6.63. The fourth-order valence-corrected chi connectivity index (χ4v) is 5.36. The van der Waals surface area contributed by atoms with Gasteiger partial charge in [0.15, 0.2) is 23.0 Å². The highest BCUT2D eigenvalue weighted by molar-refractivity contribution is 9.10. The maximum absolute atomic E-state index is 13.4. The summed E-state index contributed by atoms with van der Waals surface area (Å²) in [6.07, 6.45) is 0.854. The van der Waals surface area contributed by atoms with E-state index in [0.717, 1.165) is 26.7 Å². The molecular weight excluding hydrogens is 562 g/mol. The monoisotopic (exact) mass is 597 g/mol. The van der Waals surface area contributed by atoms with Crippen molar-refractivity contribution in [1.82, 2.24) is 4.90 Å². The summed E-state index contributed by atoms with van der Waals surface area (Å²) in [5.41, 5.74) is 3.52. The fraction of sp³-hybridized carbons (Fsp3) is 0.387. The first-order valence-corrected chi connectivity index (χ1v) is 13.7. The number of methoxy groups -OCH3 is 3. The zero-order valence-electron chi connectivity index (χ0n) is 23.4. The normalized spacial score (nSPS) is 14.8. The number of halogens is 1. The van der Waals surface area contributed by atoms with Crippen LogP contribution in [0, 0.1) is 0 Å². The number of amides is 1. The summed E-state index contributed by atoms with van der Waals surface area (Å²) in [7, 11) is 4.87. The van der Waals surface area contributed by atoms with Crippen LogP contribution in [0.3, 0.4) is 0 Å². The Kier molecular flexibility index (Phi) is 8.95. The molecule has 3 aromatic carbocycles. The first-order valence-electron chi connectivity index (χ1n) is 12.9. The summed E-state index contributed by atoms with van der Waals surface area (Å²) in [6.45, 7) is 6.55. The number of ether oxygens (including phenoxy) is 5. The van der Waals surface area contributed by atoms with Crippen molar-refractivity contribution in [3.8, 4) is 23.0 Å². The molecule has 1 unspecified atom stereocenters. The van der Waals surface area contributed by atoms with Crippen molar-refractivity contribution in [3.63, 3.8) is 0 Å². The Labute approximate surface area is 239 Å². The topological polar surface area (TPSA) is 66.5 Å². The van der Waals surface area contributed by atoms with Gasteiger partial charge in [0.25, 0.3) is 0 Å². The van der Waals surface area contributed by atoms with Crippen LogP contribution in [0.15, 0.2) is 59.1 Å². The van der Waals surface area contributed by atoms with Crippen LogP contribution in [0.1, 0.15) is 49.1 Å². The Morgan fingerprint density at radius 2 is 1.62 bits per heavy atom. The molecule has 0 fully saturated rings. The molecule has 3 aromatic rings. The van der Waals surface area contributed by atoms with E-state index in [-0.39, 0.29) is 12.1 Å². The predicted octanol–water partition coefficient (Wildman–Crippen LogP) is 7.13. The van der Waals surface area contributed by atoms with Crippen molar-refractivity contribution in [2.24, 2.45) is 0 Å². The summed E-state index contributed by atoms with van der Waals surface area (Å²) in [4.78, 5) is 15.2. The molecule has 0 radical (unpaired) electrons. The van der Waals surface area contributed by atoms with E-state index in [4.69, 9.17) is 23.7 Å². The molecule has 1 heterocycles. The van der Waals surface area contributed by atoms with Crippen molar-refractivity contribution >= 4 is 22.0 Å². The third kappa shape index (κ3) is 6.61. The Balaban J connectivity index is 1.73. The van der Waals surface area contributed by atoms with E-state index in [9.17, 15) is 4.79 Å². The lowest BCUT2D eigenvalue weighted by atomic mass is 9.88. The largest absolute Gasteiger partial charge is 0.493 e. The van der Waals surface area contributed by atoms with Crippen LogP contribution in [0.5, 0.6) is 23.0 Å². The lowest BCUT2D eigenvalue weighted by molar-refractivity contribution is 0.0141. The molecule has 1 amide bonds. The predicted molar refractivity (Wildman–Crippen MR) is 154 cm³/mol. The zero-order chi connectivity index (χ0) is 28.2. The van der Waals surface area contributed by atoms with Gasteiger partial charge in [-0.3, -0.25) is 0 Å². The smallest absolute Gasteiger partial charge is 0.410 e. The Hall–Kier alpha value is -3.39. The van der Waals surface area contributed by atoms with Gasteiger partial charge in [0.05, 0.1) is 31.8 Å². The van der Waals surface area contributed by atoms with Gasteiger partial charge < -0.3 is 28.6 Å². The highest BCUT2D eigenvalue weighted by Gasteiger charge is 2.35. The molecular formula is C31H36BrNO6. The van der Waals surface area contributed by atoms with Crippen molar-refractivity contribution in [2.75, 3.05) is 27.9 Å². The van der Waals surface area contributed by atoms with Crippen molar-refractivity contribution in [1.29, 1.82) is 0 Å². The minimum atomic E-state index is -0.612. The molecule has 39 heavy (non-hydrogen) atoms. The number of nitrogens with zero attached hydrogens (tertiary/aromatic N) is 1. The van der Waals surface area contributed by atoms with Crippen molar-refractivity contribution in [3.05, 3.63) is 81.3 Å². The molecule has 7 nitrogen and oxygen atoms in total. The van der Waals surface area contributed by atoms with Gasteiger partial charge in [-0.15, -0.1) is 0 Å². The van der Waals surface area contributed by atoms with E-state index >= 15 is 0 Å². The molecule has 1 aliphatic rings. The molecule has 208 valence electrons. The Morgan fingerprint density at radius 1 is 0.949 bits per heavy atom. The van der Waals surface area contributed by atoms with E-state index in [1.165, 1.54) is 0 Å². The molecule has 0 spiro atoms. The van der Waals surface area contributed by atoms with Gasteiger partial charge in [-0.05, 0) is 90.0 Å². The van der Waals surface area contributed by atoms with E-state index < -0.39 is 5.60 Å². The zero-order valence-corrected chi connectivity index (χ0v) is 25.0. The second-order valence-electron chi connectivity index (χ2n) is 10.4. The van der Waals surface area contributed by atoms with Gasteiger partial charge in [-0.1, -0.05) is 36.4 Å². The molecule has 0 N–H and O–H groups in total. The standard InChI is InChI=1S/C31H36BrNO6/c1-31(2,3)39-30(34)33-15-14-21-17-26(36-5)27(37-6)18-23(21)24(33)16-22-12-13-25(35-4)29(28(22)32)38-19-20-10-8-7-9-11-20/h7-13,17-18,24H,14-16,19H2,1-6H3. The van der Waals surface area contributed by atoms with E-state index in [0.29, 0.717) is 49.0 Å². The van der Waals surface area contributed by atoms with Crippen LogP contribution >= 0.6 is 15.9 Å².